The Labute approximate surface area is 201 Å². The molecule has 3 heterocycles. The Kier molecular flexibility index (Phi) is 4.79. The molecule has 0 saturated heterocycles. The van der Waals surface area contributed by atoms with Crippen LogP contribution < -0.4 is 5.32 Å². The van der Waals surface area contributed by atoms with Crippen molar-refractivity contribution >= 4 is 36.6 Å². The Balaban J connectivity index is 1.85. The molecular formula is C23H22F2N4O4S2. The highest BCUT2D eigenvalue weighted by Crippen LogP contribution is 2.48. The first-order chi connectivity index (χ1) is 16.1. The number of rotatable bonds is 3. The Morgan fingerprint density at radius 3 is 2.31 bits per heavy atom. The van der Waals surface area contributed by atoms with E-state index in [1.807, 2.05) is 0 Å². The zero-order valence-electron chi connectivity index (χ0n) is 19.5. The zero-order valence-corrected chi connectivity index (χ0v) is 21.1. The van der Waals surface area contributed by atoms with Gasteiger partial charge in [-0.05, 0) is 61.7 Å². The molecule has 1 N–H and O–H groups in total. The average molecular weight is 521 g/mol. The van der Waals surface area contributed by atoms with Gasteiger partial charge < -0.3 is 5.32 Å². The maximum absolute atomic E-state index is 15.6. The van der Waals surface area contributed by atoms with E-state index < -0.39 is 37.2 Å². The smallest absolute Gasteiger partial charge is 0.250 e. The van der Waals surface area contributed by atoms with Gasteiger partial charge in [0.05, 0.1) is 29.3 Å². The molecule has 0 atom stereocenters. The SMILES string of the molecule is Cc1c(-c2cc(F)cc3c2ccn3S(C)(=O)=O)cc(F)c2c1-c1nn(S(C)(=O)=O)cc1C(C)(C)N2. The largest absolute Gasteiger partial charge is 0.373 e. The quantitative estimate of drug-likeness (QED) is 0.438. The van der Waals surface area contributed by atoms with E-state index in [0.717, 1.165) is 26.6 Å². The molecule has 0 radical (unpaired) electrons. The lowest BCUT2D eigenvalue weighted by atomic mass is 9.83. The molecular weight excluding hydrogens is 498 g/mol. The highest BCUT2D eigenvalue weighted by Gasteiger charge is 2.37. The van der Waals surface area contributed by atoms with Gasteiger partial charge in [-0.3, -0.25) is 0 Å². The van der Waals surface area contributed by atoms with Crippen LogP contribution in [0.4, 0.5) is 14.5 Å². The molecule has 2 aromatic carbocycles. The summed E-state index contributed by atoms with van der Waals surface area (Å²) in [6.45, 7) is 5.28. The van der Waals surface area contributed by atoms with Crippen molar-refractivity contribution < 1.29 is 25.6 Å². The van der Waals surface area contributed by atoms with Crippen molar-refractivity contribution in [3.63, 3.8) is 0 Å². The molecule has 0 unspecified atom stereocenters. The summed E-state index contributed by atoms with van der Waals surface area (Å²) in [7, 11) is -7.41. The number of hydrogen-bond donors (Lipinski definition) is 1. The number of anilines is 1. The summed E-state index contributed by atoms with van der Waals surface area (Å²) in [4.78, 5) is 0. The lowest BCUT2D eigenvalue weighted by Gasteiger charge is -2.34. The van der Waals surface area contributed by atoms with Crippen LogP contribution in [0.1, 0.15) is 25.0 Å². The normalized spacial score (nSPS) is 15.1. The summed E-state index contributed by atoms with van der Waals surface area (Å²) in [5.74, 6) is -1.32. The van der Waals surface area contributed by atoms with Gasteiger partial charge in [0.25, 0.3) is 10.0 Å². The minimum atomic E-state index is -3.71. The molecule has 2 aromatic heterocycles. The molecule has 8 nitrogen and oxygen atoms in total. The molecule has 0 amide bonds. The van der Waals surface area contributed by atoms with Crippen LogP contribution in [0.25, 0.3) is 33.3 Å². The van der Waals surface area contributed by atoms with E-state index in [-0.39, 0.29) is 11.2 Å². The van der Waals surface area contributed by atoms with Crippen LogP contribution in [0.15, 0.2) is 36.7 Å². The van der Waals surface area contributed by atoms with Gasteiger partial charge in [0.15, 0.2) is 0 Å². The van der Waals surface area contributed by atoms with Crippen molar-refractivity contribution in [1.29, 1.82) is 0 Å². The fraction of sp³-hybridized carbons (Fsp3) is 0.261. The molecule has 5 rings (SSSR count). The van der Waals surface area contributed by atoms with Gasteiger partial charge in [0.2, 0.25) is 10.0 Å². The zero-order chi connectivity index (χ0) is 25.7. The van der Waals surface area contributed by atoms with Crippen molar-refractivity contribution in [2.75, 3.05) is 17.8 Å². The minimum absolute atomic E-state index is 0.126. The van der Waals surface area contributed by atoms with E-state index in [0.29, 0.717) is 38.9 Å². The highest BCUT2D eigenvalue weighted by molar-refractivity contribution is 7.89. The van der Waals surface area contributed by atoms with E-state index in [4.69, 9.17) is 0 Å². The summed E-state index contributed by atoms with van der Waals surface area (Å²) in [6, 6.07) is 5.13. The predicted molar refractivity (Wildman–Crippen MR) is 130 cm³/mol. The number of hydrogen-bond acceptors (Lipinski definition) is 6. The van der Waals surface area contributed by atoms with Crippen LogP contribution in [0.2, 0.25) is 0 Å². The van der Waals surface area contributed by atoms with Gasteiger partial charge in [0, 0.05) is 28.9 Å². The van der Waals surface area contributed by atoms with Gasteiger partial charge in [-0.15, -0.1) is 0 Å². The molecule has 1 aliphatic rings. The van der Waals surface area contributed by atoms with Crippen molar-refractivity contribution in [2.24, 2.45) is 0 Å². The fourth-order valence-corrected chi connectivity index (χ4v) is 6.00. The molecule has 0 fully saturated rings. The number of halogens is 2. The standard InChI is InChI=1S/C23H22F2N4O4S2/c1-12-15(16-8-13(24)9-19-14(16)6-7-28(19)34(4,30)31)10-18(25)22-20(12)21-17(23(2,3)26-22)11-29(27-21)35(5,32)33/h6-11,26H,1-5H3. The minimum Gasteiger partial charge on any atom is -0.373 e. The first-order valence-corrected chi connectivity index (χ1v) is 14.2. The molecule has 0 bridgehead atoms. The van der Waals surface area contributed by atoms with Crippen molar-refractivity contribution in [3.05, 3.63) is 59.4 Å². The van der Waals surface area contributed by atoms with E-state index in [9.17, 15) is 21.2 Å². The van der Waals surface area contributed by atoms with Crippen LogP contribution in [0.5, 0.6) is 0 Å². The van der Waals surface area contributed by atoms with Crippen LogP contribution in [-0.2, 0) is 25.6 Å². The van der Waals surface area contributed by atoms with Crippen molar-refractivity contribution in [1.82, 2.24) is 13.2 Å². The third kappa shape index (κ3) is 3.54. The summed E-state index contributed by atoms with van der Waals surface area (Å²) < 4.78 is 80.8. The van der Waals surface area contributed by atoms with Gasteiger partial charge >= 0.3 is 0 Å². The molecule has 0 saturated carbocycles. The average Bonchev–Trinajstić information content (AvgIpc) is 3.34. The molecule has 0 aliphatic carbocycles. The molecule has 4 aromatic rings. The summed E-state index contributed by atoms with van der Waals surface area (Å²) >= 11 is 0. The number of benzene rings is 2. The fourth-order valence-electron chi connectivity index (χ4n) is 4.69. The predicted octanol–water partition coefficient (Wildman–Crippen LogP) is 4.03. The number of aromatic nitrogens is 3. The van der Waals surface area contributed by atoms with Crippen LogP contribution in [-0.4, -0.2) is 42.5 Å². The Hall–Kier alpha value is -3.25. The monoisotopic (exact) mass is 520 g/mol. The van der Waals surface area contributed by atoms with Crippen LogP contribution in [0, 0.1) is 18.6 Å². The van der Waals surface area contributed by atoms with Gasteiger partial charge in [-0.25, -0.2) is 29.6 Å². The van der Waals surface area contributed by atoms with Crippen molar-refractivity contribution in [2.45, 2.75) is 26.3 Å². The topological polar surface area (TPSA) is 103 Å². The molecule has 12 heteroatoms. The van der Waals surface area contributed by atoms with Crippen LogP contribution >= 0.6 is 0 Å². The number of nitrogens with one attached hydrogen (secondary N) is 1. The van der Waals surface area contributed by atoms with E-state index >= 15 is 4.39 Å². The summed E-state index contributed by atoms with van der Waals surface area (Å²) in [5.41, 5.74) is 1.84. The Bertz CT molecular complexity index is 1790. The second kappa shape index (κ2) is 7.14. The maximum Gasteiger partial charge on any atom is 0.250 e. The molecule has 0 spiro atoms. The van der Waals surface area contributed by atoms with Gasteiger partial charge in [0.1, 0.15) is 17.3 Å². The molecule has 1 aliphatic heterocycles. The molecule has 35 heavy (non-hydrogen) atoms. The Morgan fingerprint density at radius 1 is 1.00 bits per heavy atom. The number of fused-ring (bicyclic) bond motifs is 4. The third-order valence-electron chi connectivity index (χ3n) is 6.30. The van der Waals surface area contributed by atoms with Crippen LogP contribution in [0.3, 0.4) is 0 Å². The van der Waals surface area contributed by atoms with E-state index in [1.165, 1.54) is 30.6 Å². The molecule has 184 valence electrons. The first kappa shape index (κ1) is 23.5. The first-order valence-electron chi connectivity index (χ1n) is 10.5. The van der Waals surface area contributed by atoms with E-state index in [2.05, 4.69) is 10.4 Å². The van der Waals surface area contributed by atoms with Gasteiger partial charge in [-0.2, -0.15) is 9.19 Å². The van der Waals surface area contributed by atoms with Crippen molar-refractivity contribution in [3.8, 4) is 22.4 Å². The second-order valence-corrected chi connectivity index (χ2v) is 13.0. The maximum atomic E-state index is 15.6. The highest BCUT2D eigenvalue weighted by atomic mass is 32.2. The van der Waals surface area contributed by atoms with E-state index in [1.54, 1.807) is 20.8 Å². The lowest BCUT2D eigenvalue weighted by Crippen LogP contribution is -2.32. The summed E-state index contributed by atoms with van der Waals surface area (Å²) in [5, 5.41) is 7.83. The summed E-state index contributed by atoms with van der Waals surface area (Å²) in [6.07, 6.45) is 4.75. The van der Waals surface area contributed by atoms with Gasteiger partial charge in [-0.1, -0.05) is 0 Å². The Morgan fingerprint density at radius 2 is 1.69 bits per heavy atom. The second-order valence-electron chi connectivity index (χ2n) is 9.32. The lowest BCUT2D eigenvalue weighted by molar-refractivity contribution is 0.578. The third-order valence-corrected chi connectivity index (χ3v) is 8.20. The number of nitrogens with zero attached hydrogens (tertiary/aromatic N) is 3.